The molecule has 0 spiro atoms. The number of halogens is 4. The maximum Gasteiger partial charge on any atom is 0.673 e. The Labute approximate surface area is 213 Å². The van der Waals surface area contributed by atoms with Gasteiger partial charge in [0.05, 0.1) is 12.3 Å². The summed E-state index contributed by atoms with van der Waals surface area (Å²) in [6, 6.07) is 0. The van der Waals surface area contributed by atoms with Crippen LogP contribution in [0.25, 0.3) is 0 Å². The molecule has 1 unspecified atom stereocenters. The molecule has 1 rings (SSSR count). The third-order valence-electron chi connectivity index (χ3n) is 5.84. The quantitative estimate of drug-likeness (QED) is 0.0921. The maximum absolute atomic E-state index is 9.75. The third kappa shape index (κ3) is 16.6. The van der Waals surface area contributed by atoms with E-state index in [1.807, 2.05) is 20.8 Å². The van der Waals surface area contributed by atoms with Crippen LogP contribution >= 0.6 is 0 Å². The number of hydrogen-bond acceptors (Lipinski definition) is 5. The molecule has 0 aliphatic carbocycles. The summed E-state index contributed by atoms with van der Waals surface area (Å²) in [7, 11) is -8.74. The fourth-order valence-corrected chi connectivity index (χ4v) is 7.45. The minimum atomic E-state index is -6.00. The second-order valence-electron chi connectivity index (χ2n) is 8.77. The topological polar surface area (TPSA) is 34.2 Å². The van der Waals surface area contributed by atoms with E-state index in [-0.39, 0.29) is 5.67 Å². The molecule has 0 bridgehead atoms. The Kier molecular flexibility index (Phi) is 19.8. The molecular formula is C24H50BF4N2O3Si-. The standard InChI is InChI=1S/C24H50N2O3Si.BF4/c1-6-11-12-13-14-15-16-17-18-19-20-25-21-22-26(23-25)24(7-2)30(27-8-3,28-9-4)29-10-5;2-1(3,4)5/h21-22,24H,6-20,23H2,1-5H3;/q;-1. The van der Waals surface area contributed by atoms with Crippen LogP contribution in [0.1, 0.15) is 105 Å². The van der Waals surface area contributed by atoms with Gasteiger partial charge >= 0.3 is 16.1 Å². The van der Waals surface area contributed by atoms with Crippen molar-refractivity contribution in [3.05, 3.63) is 12.4 Å². The summed E-state index contributed by atoms with van der Waals surface area (Å²) in [6.45, 7) is 14.5. The van der Waals surface area contributed by atoms with Gasteiger partial charge < -0.3 is 40.3 Å². The van der Waals surface area contributed by atoms with Gasteiger partial charge in [-0.1, -0.05) is 71.6 Å². The Morgan fingerprint density at radius 2 is 1.14 bits per heavy atom. The van der Waals surface area contributed by atoms with Crippen LogP contribution in [0, 0.1) is 0 Å². The highest BCUT2D eigenvalue weighted by molar-refractivity contribution is 6.62. The molecule has 1 atom stereocenters. The molecule has 0 amide bonds. The summed E-state index contributed by atoms with van der Waals surface area (Å²) >= 11 is 0. The van der Waals surface area contributed by atoms with Crippen molar-refractivity contribution < 1.29 is 30.5 Å². The van der Waals surface area contributed by atoms with E-state index in [4.69, 9.17) is 13.3 Å². The summed E-state index contributed by atoms with van der Waals surface area (Å²) in [5.74, 6) is 0. The second-order valence-corrected chi connectivity index (χ2v) is 11.5. The summed E-state index contributed by atoms with van der Waals surface area (Å²) in [5.41, 5.74) is 0.173. The Balaban J connectivity index is 0.00000209. The van der Waals surface area contributed by atoms with Crippen molar-refractivity contribution in [3.8, 4) is 0 Å². The lowest BCUT2D eigenvalue weighted by Crippen LogP contribution is -2.62. The van der Waals surface area contributed by atoms with Gasteiger partial charge in [0.25, 0.3) is 0 Å². The van der Waals surface area contributed by atoms with Gasteiger partial charge in [0.15, 0.2) is 0 Å². The van der Waals surface area contributed by atoms with E-state index in [1.54, 1.807) is 0 Å². The van der Waals surface area contributed by atoms with E-state index in [9.17, 15) is 17.3 Å². The average Bonchev–Trinajstić information content (AvgIpc) is 3.23. The Morgan fingerprint density at radius 1 is 0.714 bits per heavy atom. The van der Waals surface area contributed by atoms with Crippen LogP contribution in [0.3, 0.4) is 0 Å². The molecule has 0 radical (unpaired) electrons. The number of hydrogen-bond donors (Lipinski definition) is 0. The van der Waals surface area contributed by atoms with Gasteiger partial charge in [-0.2, -0.15) is 0 Å². The molecule has 0 aromatic heterocycles. The summed E-state index contributed by atoms with van der Waals surface area (Å²) < 4.78 is 57.5. The lowest BCUT2D eigenvalue weighted by Gasteiger charge is -2.39. The zero-order valence-electron chi connectivity index (χ0n) is 22.8. The van der Waals surface area contributed by atoms with Crippen LogP contribution in [0.2, 0.25) is 0 Å². The first kappa shape index (κ1) is 34.2. The second kappa shape index (κ2) is 20.3. The highest BCUT2D eigenvalue weighted by Crippen LogP contribution is 2.26. The van der Waals surface area contributed by atoms with Crippen LogP contribution in [0.4, 0.5) is 17.3 Å². The van der Waals surface area contributed by atoms with Gasteiger partial charge in [0.2, 0.25) is 0 Å². The summed E-state index contributed by atoms with van der Waals surface area (Å²) in [6.07, 6.45) is 19.2. The number of unbranched alkanes of at least 4 members (excludes halogenated alkanes) is 9. The van der Waals surface area contributed by atoms with E-state index in [0.29, 0.717) is 19.8 Å². The SMILES string of the molecule is CCCCCCCCCCCCN1C=CN(C(CC)[Si](OCC)(OCC)OCC)C1.F[B-](F)(F)F. The molecule has 0 saturated heterocycles. The first-order valence-electron chi connectivity index (χ1n) is 13.6. The lowest BCUT2D eigenvalue weighted by atomic mass is 10.1. The minimum absolute atomic E-state index is 0.173. The smallest absolute Gasteiger partial charge is 0.418 e. The van der Waals surface area contributed by atoms with Gasteiger partial charge in [-0.15, -0.1) is 0 Å². The number of rotatable bonds is 20. The van der Waals surface area contributed by atoms with Crippen molar-refractivity contribution in [1.82, 2.24) is 9.80 Å². The lowest BCUT2D eigenvalue weighted by molar-refractivity contribution is 0.0392. The van der Waals surface area contributed by atoms with Crippen LogP contribution in [0.15, 0.2) is 12.4 Å². The zero-order chi connectivity index (χ0) is 26.6. The Hall–Kier alpha value is -0.778. The maximum atomic E-state index is 9.75. The van der Waals surface area contributed by atoms with Gasteiger partial charge in [0.1, 0.15) is 0 Å². The predicted molar refractivity (Wildman–Crippen MR) is 139 cm³/mol. The zero-order valence-corrected chi connectivity index (χ0v) is 23.8. The van der Waals surface area contributed by atoms with Gasteiger partial charge in [0, 0.05) is 38.8 Å². The van der Waals surface area contributed by atoms with E-state index in [1.165, 1.54) is 64.2 Å². The van der Waals surface area contributed by atoms with E-state index >= 15 is 0 Å². The number of nitrogens with zero attached hydrogens (tertiary/aromatic N) is 2. The van der Waals surface area contributed by atoms with Crippen molar-refractivity contribution in [3.63, 3.8) is 0 Å². The van der Waals surface area contributed by atoms with Crippen LogP contribution in [0.5, 0.6) is 0 Å². The molecule has 1 aliphatic rings. The van der Waals surface area contributed by atoms with Crippen LogP contribution in [-0.2, 0) is 13.3 Å². The molecule has 210 valence electrons. The van der Waals surface area contributed by atoms with Crippen molar-refractivity contribution in [1.29, 1.82) is 0 Å². The molecule has 1 aliphatic heterocycles. The van der Waals surface area contributed by atoms with Crippen molar-refractivity contribution >= 4 is 16.1 Å². The fraction of sp³-hybridized carbons (Fsp3) is 0.917. The van der Waals surface area contributed by atoms with Gasteiger partial charge in [-0.3, -0.25) is 0 Å². The molecule has 0 N–H and O–H groups in total. The van der Waals surface area contributed by atoms with Crippen molar-refractivity contribution in [2.45, 2.75) is 111 Å². The highest BCUT2D eigenvalue weighted by Gasteiger charge is 2.51. The van der Waals surface area contributed by atoms with E-state index in [0.717, 1.165) is 19.6 Å². The molecule has 0 saturated carbocycles. The molecule has 0 aromatic rings. The molecule has 0 fully saturated rings. The minimum Gasteiger partial charge on any atom is -0.418 e. The molecule has 35 heavy (non-hydrogen) atoms. The molecular weight excluding hydrogens is 479 g/mol. The van der Waals surface area contributed by atoms with Crippen molar-refractivity contribution in [2.75, 3.05) is 33.0 Å². The molecule has 1 heterocycles. The first-order chi connectivity index (χ1) is 16.7. The summed E-state index contributed by atoms with van der Waals surface area (Å²) in [4.78, 5) is 4.81. The van der Waals surface area contributed by atoms with Crippen LogP contribution in [-0.4, -0.2) is 64.6 Å². The predicted octanol–water partition coefficient (Wildman–Crippen LogP) is 7.62. The normalized spacial score (nSPS) is 14.9. The average molecular weight is 530 g/mol. The molecule has 11 heteroatoms. The van der Waals surface area contributed by atoms with Gasteiger partial charge in [-0.25, -0.2) is 0 Å². The highest BCUT2D eigenvalue weighted by atomic mass is 28.4. The fourth-order valence-electron chi connectivity index (χ4n) is 4.34. The molecule has 5 nitrogen and oxygen atoms in total. The van der Waals surface area contributed by atoms with E-state index < -0.39 is 16.1 Å². The first-order valence-corrected chi connectivity index (χ1v) is 15.4. The molecule has 0 aromatic carbocycles. The largest absolute Gasteiger partial charge is 0.673 e. The summed E-state index contributed by atoms with van der Waals surface area (Å²) in [5, 5.41) is 0. The Bertz CT molecular complexity index is 510. The van der Waals surface area contributed by atoms with Crippen LogP contribution < -0.4 is 0 Å². The van der Waals surface area contributed by atoms with Gasteiger partial charge in [-0.05, 0) is 33.6 Å². The van der Waals surface area contributed by atoms with E-state index in [2.05, 4.69) is 36.0 Å². The Morgan fingerprint density at radius 3 is 1.54 bits per heavy atom. The monoisotopic (exact) mass is 529 g/mol. The third-order valence-corrected chi connectivity index (χ3v) is 9.47. The van der Waals surface area contributed by atoms with Crippen molar-refractivity contribution in [2.24, 2.45) is 0 Å².